The van der Waals surface area contributed by atoms with Crippen LogP contribution >= 0.6 is 11.8 Å². The number of nitrogens with one attached hydrogen (secondary N) is 1. The molecule has 1 aromatic rings. The topological polar surface area (TPSA) is 12.0 Å². The summed E-state index contributed by atoms with van der Waals surface area (Å²) in [7, 11) is 0. The molecule has 0 saturated carbocycles. The Kier molecular flexibility index (Phi) is 6.60. The SMILES string of the molecule is CCC(CC)(CNC(C)c1ccc(C(F)(F)F)cc1)SC. The molecular weight excluding hydrogens is 295 g/mol. The van der Waals surface area contributed by atoms with Crippen LogP contribution in [0.3, 0.4) is 0 Å². The van der Waals surface area contributed by atoms with Crippen molar-refractivity contribution in [2.45, 2.75) is 50.6 Å². The van der Waals surface area contributed by atoms with Crippen LogP contribution in [0.5, 0.6) is 0 Å². The summed E-state index contributed by atoms with van der Waals surface area (Å²) in [6.45, 7) is 7.18. The van der Waals surface area contributed by atoms with Gasteiger partial charge in [0.15, 0.2) is 0 Å². The third-order valence-corrected chi connectivity index (χ3v) is 5.78. The van der Waals surface area contributed by atoms with Crippen LogP contribution in [0, 0.1) is 0 Å². The Bertz CT molecular complexity index is 416. The maximum atomic E-state index is 12.5. The summed E-state index contributed by atoms with van der Waals surface area (Å²) >= 11 is 1.85. The van der Waals surface area contributed by atoms with Crippen molar-refractivity contribution in [1.82, 2.24) is 5.32 Å². The highest BCUT2D eigenvalue weighted by atomic mass is 32.2. The van der Waals surface area contributed by atoms with Crippen LogP contribution in [-0.4, -0.2) is 17.5 Å². The second kappa shape index (κ2) is 7.54. The minimum absolute atomic E-state index is 0.0388. The molecule has 0 aromatic heterocycles. The van der Waals surface area contributed by atoms with Crippen molar-refractivity contribution in [2.24, 2.45) is 0 Å². The number of benzene rings is 1. The Morgan fingerprint density at radius 2 is 1.62 bits per heavy atom. The van der Waals surface area contributed by atoms with Crippen molar-refractivity contribution < 1.29 is 13.2 Å². The van der Waals surface area contributed by atoms with Crippen molar-refractivity contribution in [1.29, 1.82) is 0 Å². The van der Waals surface area contributed by atoms with Gasteiger partial charge in [-0.1, -0.05) is 26.0 Å². The van der Waals surface area contributed by atoms with E-state index >= 15 is 0 Å². The average Bonchev–Trinajstić information content (AvgIpc) is 2.48. The Labute approximate surface area is 129 Å². The Balaban J connectivity index is 2.70. The second-order valence-electron chi connectivity index (χ2n) is 5.32. The second-order valence-corrected chi connectivity index (χ2v) is 6.59. The van der Waals surface area contributed by atoms with Gasteiger partial charge in [0.05, 0.1) is 5.56 Å². The highest BCUT2D eigenvalue weighted by Crippen LogP contribution is 2.31. The smallest absolute Gasteiger partial charge is 0.309 e. The first-order chi connectivity index (χ1) is 9.78. The van der Waals surface area contributed by atoms with Crippen LogP contribution < -0.4 is 5.32 Å². The van der Waals surface area contributed by atoms with E-state index < -0.39 is 11.7 Å². The van der Waals surface area contributed by atoms with Gasteiger partial charge in [0.2, 0.25) is 0 Å². The molecule has 1 N–H and O–H groups in total. The fraction of sp³-hybridized carbons (Fsp3) is 0.625. The molecule has 0 aliphatic heterocycles. The molecule has 21 heavy (non-hydrogen) atoms. The Morgan fingerprint density at radius 3 is 2.00 bits per heavy atom. The number of hydrogen-bond acceptors (Lipinski definition) is 2. The summed E-state index contributed by atoms with van der Waals surface area (Å²) < 4.78 is 37.8. The number of hydrogen-bond donors (Lipinski definition) is 1. The zero-order chi connectivity index (χ0) is 16.1. The van der Waals surface area contributed by atoms with Crippen LogP contribution in [0.25, 0.3) is 0 Å². The monoisotopic (exact) mass is 319 g/mol. The van der Waals surface area contributed by atoms with E-state index in [1.807, 2.05) is 18.7 Å². The zero-order valence-corrected chi connectivity index (χ0v) is 13.9. The number of halogens is 3. The minimum atomic E-state index is -4.27. The largest absolute Gasteiger partial charge is 0.416 e. The van der Waals surface area contributed by atoms with E-state index in [0.717, 1.165) is 37.1 Å². The van der Waals surface area contributed by atoms with Gasteiger partial charge in [-0.2, -0.15) is 24.9 Å². The van der Waals surface area contributed by atoms with Gasteiger partial charge >= 0.3 is 6.18 Å². The van der Waals surface area contributed by atoms with Gasteiger partial charge in [0.1, 0.15) is 0 Å². The first kappa shape index (κ1) is 18.4. The van der Waals surface area contributed by atoms with Gasteiger partial charge in [-0.3, -0.25) is 0 Å². The van der Waals surface area contributed by atoms with E-state index in [2.05, 4.69) is 25.4 Å². The first-order valence-electron chi connectivity index (χ1n) is 7.23. The van der Waals surface area contributed by atoms with Crippen LogP contribution in [0.2, 0.25) is 0 Å². The molecule has 0 aliphatic rings. The van der Waals surface area contributed by atoms with Gasteiger partial charge in [0, 0.05) is 17.3 Å². The standard InChI is InChI=1S/C16H24F3NS/c1-5-15(6-2,21-4)11-20-12(3)13-7-9-14(10-8-13)16(17,18)19/h7-10,12,20H,5-6,11H2,1-4H3. The number of alkyl halides is 3. The summed E-state index contributed by atoms with van der Waals surface area (Å²) in [6, 6.07) is 5.44. The van der Waals surface area contributed by atoms with Gasteiger partial charge in [0.25, 0.3) is 0 Å². The molecule has 0 heterocycles. The molecule has 0 bridgehead atoms. The van der Waals surface area contributed by atoms with Crippen molar-refractivity contribution in [3.63, 3.8) is 0 Å². The normalized spacial score (nSPS) is 14.2. The maximum Gasteiger partial charge on any atom is 0.416 e. The van der Waals surface area contributed by atoms with E-state index in [-0.39, 0.29) is 10.8 Å². The molecule has 1 aromatic carbocycles. The molecule has 0 aliphatic carbocycles. The highest BCUT2D eigenvalue weighted by molar-refractivity contribution is 8.00. The Morgan fingerprint density at radius 1 is 1.10 bits per heavy atom. The van der Waals surface area contributed by atoms with Gasteiger partial charge in [-0.15, -0.1) is 0 Å². The molecule has 1 nitrogen and oxygen atoms in total. The van der Waals surface area contributed by atoms with Crippen LogP contribution in [0.15, 0.2) is 24.3 Å². The lowest BCUT2D eigenvalue weighted by atomic mass is 10.0. The fourth-order valence-corrected chi connectivity index (χ4v) is 3.08. The molecule has 120 valence electrons. The van der Waals surface area contributed by atoms with Gasteiger partial charge in [-0.05, 0) is 43.7 Å². The fourth-order valence-electron chi connectivity index (χ4n) is 2.28. The van der Waals surface area contributed by atoms with Crippen LogP contribution in [0.4, 0.5) is 13.2 Å². The lowest BCUT2D eigenvalue weighted by molar-refractivity contribution is -0.137. The maximum absolute atomic E-state index is 12.5. The predicted molar refractivity (Wildman–Crippen MR) is 84.7 cm³/mol. The Hall–Kier alpha value is -0.680. The third kappa shape index (κ3) is 4.92. The summed E-state index contributed by atoms with van der Waals surface area (Å²) in [5.74, 6) is 0. The molecule has 1 unspecified atom stereocenters. The van der Waals surface area contributed by atoms with Crippen molar-refractivity contribution >= 4 is 11.8 Å². The van der Waals surface area contributed by atoms with Crippen molar-refractivity contribution in [3.05, 3.63) is 35.4 Å². The van der Waals surface area contributed by atoms with Gasteiger partial charge < -0.3 is 5.32 Å². The number of thioether (sulfide) groups is 1. The summed E-state index contributed by atoms with van der Waals surface area (Å²) in [5.41, 5.74) is 0.282. The van der Waals surface area contributed by atoms with Gasteiger partial charge in [-0.25, -0.2) is 0 Å². The molecule has 5 heteroatoms. The lowest BCUT2D eigenvalue weighted by Crippen LogP contribution is -2.37. The molecule has 0 spiro atoms. The highest BCUT2D eigenvalue weighted by Gasteiger charge is 2.30. The molecule has 0 saturated heterocycles. The summed E-state index contributed by atoms with van der Waals surface area (Å²) in [4.78, 5) is 0. The lowest BCUT2D eigenvalue weighted by Gasteiger charge is -2.31. The van der Waals surface area contributed by atoms with Crippen molar-refractivity contribution in [3.8, 4) is 0 Å². The van der Waals surface area contributed by atoms with E-state index in [1.54, 1.807) is 12.1 Å². The number of rotatable bonds is 7. The molecule has 0 fully saturated rings. The van der Waals surface area contributed by atoms with E-state index in [1.165, 1.54) is 0 Å². The van der Waals surface area contributed by atoms with Crippen LogP contribution in [0.1, 0.15) is 50.8 Å². The molecule has 1 rings (SSSR count). The first-order valence-corrected chi connectivity index (χ1v) is 8.46. The van der Waals surface area contributed by atoms with Crippen LogP contribution in [-0.2, 0) is 6.18 Å². The van der Waals surface area contributed by atoms with E-state index in [4.69, 9.17) is 0 Å². The van der Waals surface area contributed by atoms with Crippen molar-refractivity contribution in [2.75, 3.05) is 12.8 Å². The molecule has 1 atom stereocenters. The minimum Gasteiger partial charge on any atom is -0.309 e. The summed E-state index contributed by atoms with van der Waals surface area (Å²) in [6.07, 6.45) is -0.0279. The predicted octanol–water partition coefficient (Wildman–Crippen LogP) is 5.28. The van der Waals surface area contributed by atoms with E-state index in [0.29, 0.717) is 0 Å². The molecule has 0 amide bonds. The zero-order valence-electron chi connectivity index (χ0n) is 13.1. The van der Waals surface area contributed by atoms with E-state index in [9.17, 15) is 13.2 Å². The molecule has 0 radical (unpaired) electrons. The average molecular weight is 319 g/mol. The third-order valence-electron chi connectivity index (χ3n) is 4.19. The quantitative estimate of drug-likeness (QED) is 0.734. The molecular formula is C16H24F3NS. The summed E-state index contributed by atoms with van der Waals surface area (Å²) in [5, 5.41) is 3.45.